The van der Waals surface area contributed by atoms with Gasteiger partial charge in [0.1, 0.15) is 0 Å². The normalized spacial score (nSPS) is 18.8. The number of carbonyl (C=O) groups is 1. The lowest BCUT2D eigenvalue weighted by Gasteiger charge is -2.38. The monoisotopic (exact) mass is 385 g/mol. The Balaban J connectivity index is 1.61. The highest BCUT2D eigenvalue weighted by molar-refractivity contribution is 5.93. The molecule has 0 unspecified atom stereocenters. The maximum Gasteiger partial charge on any atom is 0.248 e. The number of hydrogen-bond acceptors (Lipinski definition) is 5. The zero-order valence-corrected chi connectivity index (χ0v) is 16.6. The van der Waals surface area contributed by atoms with Crippen LogP contribution in [0.4, 0.5) is 0 Å². The van der Waals surface area contributed by atoms with E-state index in [-0.39, 0.29) is 18.7 Å². The van der Waals surface area contributed by atoms with Gasteiger partial charge in [-0.15, -0.1) is 0 Å². The third kappa shape index (κ3) is 4.33. The first-order valence-corrected chi connectivity index (χ1v) is 9.35. The third-order valence-corrected chi connectivity index (χ3v) is 5.12. The molecule has 2 aliphatic heterocycles. The largest absolute Gasteiger partial charge is 0.454 e. The fourth-order valence-corrected chi connectivity index (χ4v) is 3.33. The first-order valence-electron chi connectivity index (χ1n) is 9.35. The minimum Gasteiger partial charge on any atom is -0.454 e. The summed E-state index contributed by atoms with van der Waals surface area (Å²) in [5.41, 5.74) is 1.73. The zero-order chi connectivity index (χ0) is 20.1. The van der Waals surface area contributed by atoms with Crippen molar-refractivity contribution in [3.8, 4) is 11.5 Å². The van der Waals surface area contributed by atoms with Crippen LogP contribution in [0.3, 0.4) is 0 Å². The van der Waals surface area contributed by atoms with Crippen molar-refractivity contribution in [3.63, 3.8) is 0 Å². The van der Waals surface area contributed by atoms with Crippen molar-refractivity contribution in [2.24, 2.45) is 9.98 Å². The van der Waals surface area contributed by atoms with Gasteiger partial charge in [0.15, 0.2) is 11.5 Å². The fourth-order valence-electron chi connectivity index (χ4n) is 3.33. The molecular formula is C20H27N5O3. The summed E-state index contributed by atoms with van der Waals surface area (Å²) >= 11 is 0. The van der Waals surface area contributed by atoms with E-state index in [9.17, 15) is 4.79 Å². The van der Waals surface area contributed by atoms with Gasteiger partial charge in [-0.1, -0.05) is 6.07 Å². The van der Waals surface area contributed by atoms with Crippen LogP contribution in [-0.2, 0) is 4.79 Å². The van der Waals surface area contributed by atoms with E-state index >= 15 is 0 Å². The molecular weight excluding hydrogens is 358 g/mol. The van der Waals surface area contributed by atoms with Gasteiger partial charge < -0.3 is 19.7 Å². The summed E-state index contributed by atoms with van der Waals surface area (Å²) in [6, 6.07) is 6.39. The minimum atomic E-state index is -0.158. The summed E-state index contributed by atoms with van der Waals surface area (Å²) in [7, 11) is 1.59. The molecule has 1 fully saturated rings. The first kappa shape index (κ1) is 19.9. The number of nitrogens with zero attached hydrogens (tertiary/aromatic N) is 4. The molecule has 0 bridgehead atoms. The van der Waals surface area contributed by atoms with E-state index in [1.165, 1.54) is 11.8 Å². The van der Waals surface area contributed by atoms with E-state index in [0.717, 1.165) is 37.7 Å². The van der Waals surface area contributed by atoms with Crippen molar-refractivity contribution >= 4 is 18.6 Å². The molecule has 1 atom stereocenters. The van der Waals surface area contributed by atoms with Crippen LogP contribution in [-0.4, -0.2) is 68.4 Å². The summed E-state index contributed by atoms with van der Waals surface area (Å²) in [6.45, 7) is 11.2. The van der Waals surface area contributed by atoms with Crippen molar-refractivity contribution in [2.45, 2.75) is 19.9 Å². The number of fused-ring (bicyclic) bond motifs is 1. The maximum atomic E-state index is 11.6. The van der Waals surface area contributed by atoms with Crippen molar-refractivity contribution in [2.75, 3.05) is 40.0 Å². The van der Waals surface area contributed by atoms with Crippen LogP contribution < -0.4 is 14.8 Å². The second kappa shape index (κ2) is 8.88. The average Bonchev–Trinajstić information content (AvgIpc) is 3.21. The SMILES string of the molecule is C=NC(=N/C=C(\C)C(=O)NC)N1CCN([C@@H](C)c2ccc3c(c2)OCO3)CC1. The summed E-state index contributed by atoms with van der Waals surface area (Å²) in [5, 5.41) is 2.58. The van der Waals surface area contributed by atoms with Crippen molar-refractivity contribution in [3.05, 3.63) is 35.5 Å². The van der Waals surface area contributed by atoms with Gasteiger partial charge in [-0.2, -0.15) is 0 Å². The van der Waals surface area contributed by atoms with E-state index < -0.39 is 0 Å². The zero-order valence-electron chi connectivity index (χ0n) is 16.6. The van der Waals surface area contributed by atoms with Gasteiger partial charge in [0.05, 0.1) is 0 Å². The van der Waals surface area contributed by atoms with Crippen LogP contribution in [0.2, 0.25) is 0 Å². The number of nitrogens with one attached hydrogen (secondary N) is 1. The molecule has 28 heavy (non-hydrogen) atoms. The number of carbonyl (C=O) groups excluding carboxylic acids is 1. The van der Waals surface area contributed by atoms with Crippen molar-refractivity contribution in [1.29, 1.82) is 0 Å². The molecule has 3 rings (SSSR count). The number of amides is 1. The van der Waals surface area contributed by atoms with Gasteiger partial charge in [0.2, 0.25) is 18.7 Å². The Bertz CT molecular complexity index is 797. The standard InChI is InChI=1S/C20H27N5O3/c1-14(19(26)21-3)12-23-20(22-4)25-9-7-24(8-10-25)15(2)16-5-6-17-18(11-16)28-13-27-17/h5-6,11-12,15H,4,7-10,13H2,1-3H3,(H,21,26)/b14-12+,23-20?/t15-/m0/s1. The summed E-state index contributed by atoms with van der Waals surface area (Å²) in [4.78, 5) is 24.5. The lowest BCUT2D eigenvalue weighted by Crippen LogP contribution is -2.48. The number of rotatable bonds is 4. The van der Waals surface area contributed by atoms with Crippen LogP contribution in [0.1, 0.15) is 25.5 Å². The lowest BCUT2D eigenvalue weighted by atomic mass is 10.1. The highest BCUT2D eigenvalue weighted by Crippen LogP contribution is 2.35. The topological polar surface area (TPSA) is 78.8 Å². The number of benzene rings is 1. The van der Waals surface area contributed by atoms with Gasteiger partial charge in [-0.25, -0.2) is 9.98 Å². The lowest BCUT2D eigenvalue weighted by molar-refractivity contribution is -0.117. The minimum absolute atomic E-state index is 0.158. The van der Waals surface area contributed by atoms with Crippen LogP contribution in [0.25, 0.3) is 0 Å². The predicted octanol–water partition coefficient (Wildman–Crippen LogP) is 1.80. The average molecular weight is 385 g/mol. The van der Waals surface area contributed by atoms with E-state index in [1.54, 1.807) is 14.0 Å². The molecule has 150 valence electrons. The number of ether oxygens (including phenoxy) is 2. The second-order valence-electron chi connectivity index (χ2n) is 6.79. The van der Waals surface area contributed by atoms with E-state index in [2.05, 4.69) is 50.9 Å². The molecule has 0 aromatic heterocycles. The summed E-state index contributed by atoms with van der Waals surface area (Å²) in [6.07, 6.45) is 1.53. The van der Waals surface area contributed by atoms with Crippen LogP contribution in [0, 0.1) is 0 Å². The van der Waals surface area contributed by atoms with Gasteiger partial charge in [0.25, 0.3) is 0 Å². The molecule has 1 saturated heterocycles. The number of likely N-dealkylation sites (N-methyl/N-ethyl adjacent to an activating group) is 1. The quantitative estimate of drug-likeness (QED) is 0.486. The molecule has 1 aromatic rings. The molecule has 1 N–H and O–H groups in total. The Morgan fingerprint density at radius 3 is 2.64 bits per heavy atom. The molecule has 8 nitrogen and oxygen atoms in total. The number of aliphatic imine (C=N–C) groups is 2. The van der Waals surface area contributed by atoms with Gasteiger partial charge in [0, 0.05) is 51.0 Å². The number of piperazine rings is 1. The predicted molar refractivity (Wildman–Crippen MR) is 109 cm³/mol. The Kier molecular flexibility index (Phi) is 6.30. The third-order valence-electron chi connectivity index (χ3n) is 5.12. The Morgan fingerprint density at radius 1 is 1.25 bits per heavy atom. The maximum absolute atomic E-state index is 11.6. The molecule has 8 heteroatoms. The Labute approximate surface area is 165 Å². The smallest absolute Gasteiger partial charge is 0.248 e. The summed E-state index contributed by atoms with van der Waals surface area (Å²) < 4.78 is 10.9. The highest BCUT2D eigenvalue weighted by atomic mass is 16.7. The molecule has 0 saturated carbocycles. The fraction of sp³-hybridized carbons (Fsp3) is 0.450. The van der Waals surface area contributed by atoms with Crippen molar-refractivity contribution < 1.29 is 14.3 Å². The molecule has 0 aliphatic carbocycles. The van der Waals surface area contributed by atoms with Gasteiger partial charge in [-0.3, -0.25) is 9.69 Å². The Morgan fingerprint density at radius 2 is 1.96 bits per heavy atom. The van der Waals surface area contributed by atoms with Crippen LogP contribution in [0.5, 0.6) is 11.5 Å². The molecule has 1 amide bonds. The molecule has 1 aromatic carbocycles. The second-order valence-corrected chi connectivity index (χ2v) is 6.79. The Hall–Kier alpha value is -2.87. The number of hydrogen-bond donors (Lipinski definition) is 1. The summed E-state index contributed by atoms with van der Waals surface area (Å²) in [5.74, 6) is 2.00. The molecule has 2 heterocycles. The van der Waals surface area contributed by atoms with Gasteiger partial charge >= 0.3 is 0 Å². The molecule has 0 spiro atoms. The first-order chi connectivity index (χ1) is 13.5. The molecule has 0 radical (unpaired) electrons. The van der Waals surface area contributed by atoms with Gasteiger partial charge in [-0.05, 0) is 38.3 Å². The highest BCUT2D eigenvalue weighted by Gasteiger charge is 2.25. The van der Waals surface area contributed by atoms with E-state index in [0.29, 0.717) is 11.5 Å². The van der Waals surface area contributed by atoms with Crippen LogP contribution >= 0.6 is 0 Å². The van der Waals surface area contributed by atoms with E-state index in [1.807, 2.05) is 6.07 Å². The van der Waals surface area contributed by atoms with Crippen LogP contribution in [0.15, 0.2) is 40.0 Å². The van der Waals surface area contributed by atoms with Crippen molar-refractivity contribution in [1.82, 2.24) is 15.1 Å². The van der Waals surface area contributed by atoms with E-state index in [4.69, 9.17) is 9.47 Å². The molecule has 2 aliphatic rings. The number of guanidine groups is 1.